The maximum Gasteiger partial charge on any atom is 0.123 e. The predicted molar refractivity (Wildman–Crippen MR) is 65.3 cm³/mol. The van der Waals surface area contributed by atoms with Gasteiger partial charge in [0.2, 0.25) is 0 Å². The lowest BCUT2D eigenvalue weighted by Crippen LogP contribution is -2.28. The Hall–Kier alpha value is -1.75. The van der Waals surface area contributed by atoms with Gasteiger partial charge in [-0.25, -0.2) is 4.39 Å². The summed E-state index contributed by atoms with van der Waals surface area (Å²) in [6.07, 6.45) is 2.55. The average Bonchev–Trinajstić information content (AvgIpc) is 2.74. The number of hydrogen-bond acceptors (Lipinski definition) is 3. The summed E-state index contributed by atoms with van der Waals surface area (Å²) in [5.74, 6) is -0.349. The van der Waals surface area contributed by atoms with Gasteiger partial charge in [0.15, 0.2) is 0 Å². The minimum absolute atomic E-state index is 0.320. The van der Waals surface area contributed by atoms with Gasteiger partial charge in [0.25, 0.3) is 0 Å². The summed E-state index contributed by atoms with van der Waals surface area (Å²) in [7, 11) is 1.77. The Morgan fingerprint density at radius 3 is 2.78 bits per heavy atom. The Labute approximate surface area is 105 Å². The fraction of sp³-hybridized carbons (Fsp3) is 0.385. The molecule has 2 rings (SSSR count). The Bertz CT molecular complexity index is 541. The summed E-state index contributed by atoms with van der Waals surface area (Å²) < 4.78 is 14.8. The molecule has 1 aromatic carbocycles. The molecule has 0 saturated heterocycles. The summed E-state index contributed by atoms with van der Waals surface area (Å²) in [6, 6.07) is 6.05. The van der Waals surface area contributed by atoms with E-state index in [9.17, 15) is 9.50 Å². The van der Waals surface area contributed by atoms with E-state index in [0.717, 1.165) is 0 Å². The van der Waals surface area contributed by atoms with Gasteiger partial charge in [-0.15, -0.1) is 5.10 Å². The second-order valence-corrected chi connectivity index (χ2v) is 4.46. The zero-order valence-corrected chi connectivity index (χ0v) is 10.5. The highest BCUT2D eigenvalue weighted by molar-refractivity contribution is 5.24. The third-order valence-corrected chi connectivity index (χ3v) is 3.07. The van der Waals surface area contributed by atoms with Crippen molar-refractivity contribution in [3.05, 3.63) is 47.5 Å². The van der Waals surface area contributed by atoms with Crippen molar-refractivity contribution in [2.24, 2.45) is 7.05 Å². The van der Waals surface area contributed by atoms with E-state index in [4.69, 9.17) is 0 Å². The van der Waals surface area contributed by atoms with Crippen molar-refractivity contribution in [1.29, 1.82) is 0 Å². The van der Waals surface area contributed by atoms with Gasteiger partial charge in [0, 0.05) is 19.7 Å². The first-order valence-corrected chi connectivity index (χ1v) is 5.87. The second-order valence-electron chi connectivity index (χ2n) is 4.46. The molecular weight excluding hydrogens is 233 g/mol. The first-order chi connectivity index (χ1) is 8.53. The highest BCUT2D eigenvalue weighted by Crippen LogP contribution is 2.28. The van der Waals surface area contributed by atoms with Crippen LogP contribution in [0.2, 0.25) is 0 Å². The second kappa shape index (κ2) is 4.86. The van der Waals surface area contributed by atoms with Crippen LogP contribution in [0.15, 0.2) is 30.5 Å². The molecule has 0 spiro atoms. The standard InChI is InChI=1S/C13H16FN3O/c1-3-13(18,8-12-9-17(2)16-15-12)10-5-4-6-11(14)7-10/h4-7,9,18H,3,8H2,1-2H3. The summed E-state index contributed by atoms with van der Waals surface area (Å²) in [5.41, 5.74) is 0.139. The average molecular weight is 249 g/mol. The normalized spacial score (nSPS) is 14.4. The first-order valence-electron chi connectivity index (χ1n) is 5.87. The maximum absolute atomic E-state index is 13.2. The highest BCUT2D eigenvalue weighted by Gasteiger charge is 2.29. The summed E-state index contributed by atoms with van der Waals surface area (Å²) in [4.78, 5) is 0. The minimum atomic E-state index is -1.11. The molecule has 4 nitrogen and oxygen atoms in total. The van der Waals surface area contributed by atoms with E-state index >= 15 is 0 Å². The Morgan fingerprint density at radius 1 is 1.44 bits per heavy atom. The molecule has 1 aromatic heterocycles. The number of rotatable bonds is 4. The molecule has 96 valence electrons. The van der Waals surface area contributed by atoms with Crippen molar-refractivity contribution >= 4 is 0 Å². The van der Waals surface area contributed by atoms with Crippen LogP contribution in [0.25, 0.3) is 0 Å². The van der Waals surface area contributed by atoms with Crippen molar-refractivity contribution in [1.82, 2.24) is 15.0 Å². The zero-order valence-electron chi connectivity index (χ0n) is 10.5. The minimum Gasteiger partial charge on any atom is -0.385 e. The van der Waals surface area contributed by atoms with Gasteiger partial charge >= 0.3 is 0 Å². The van der Waals surface area contributed by atoms with Crippen LogP contribution in [0.5, 0.6) is 0 Å². The molecule has 0 amide bonds. The summed E-state index contributed by atoms with van der Waals surface area (Å²) in [6.45, 7) is 1.86. The van der Waals surface area contributed by atoms with Crippen LogP contribution < -0.4 is 0 Å². The molecule has 0 bridgehead atoms. The maximum atomic E-state index is 13.2. The fourth-order valence-electron chi connectivity index (χ4n) is 1.99. The molecule has 0 fully saturated rings. The van der Waals surface area contributed by atoms with Crippen LogP contribution in [-0.2, 0) is 19.1 Å². The predicted octanol–water partition coefficient (Wildman–Crippen LogP) is 1.79. The van der Waals surface area contributed by atoms with E-state index < -0.39 is 5.60 Å². The number of aromatic nitrogens is 3. The Balaban J connectivity index is 2.30. The van der Waals surface area contributed by atoms with Gasteiger partial charge in [-0.3, -0.25) is 4.68 Å². The van der Waals surface area contributed by atoms with Crippen LogP contribution in [0.3, 0.4) is 0 Å². The van der Waals surface area contributed by atoms with Gasteiger partial charge in [-0.1, -0.05) is 24.3 Å². The molecule has 0 aliphatic carbocycles. The number of halogens is 1. The topological polar surface area (TPSA) is 50.9 Å². The molecule has 1 unspecified atom stereocenters. The number of hydrogen-bond donors (Lipinski definition) is 1. The van der Waals surface area contributed by atoms with E-state index in [2.05, 4.69) is 10.3 Å². The highest BCUT2D eigenvalue weighted by atomic mass is 19.1. The number of aryl methyl sites for hydroxylation is 1. The van der Waals surface area contributed by atoms with Gasteiger partial charge in [-0.2, -0.15) is 0 Å². The first kappa shape index (κ1) is 12.7. The van der Waals surface area contributed by atoms with Crippen molar-refractivity contribution in [2.75, 3.05) is 0 Å². The SMILES string of the molecule is CCC(O)(Cc1cn(C)nn1)c1cccc(F)c1. The van der Waals surface area contributed by atoms with Gasteiger partial charge < -0.3 is 5.11 Å². The molecular formula is C13H16FN3O. The summed E-state index contributed by atoms with van der Waals surface area (Å²) >= 11 is 0. The van der Waals surface area contributed by atoms with Crippen LogP contribution in [-0.4, -0.2) is 20.1 Å². The largest absolute Gasteiger partial charge is 0.385 e. The fourth-order valence-corrected chi connectivity index (χ4v) is 1.99. The Kier molecular flexibility index (Phi) is 3.43. The van der Waals surface area contributed by atoms with Crippen LogP contribution in [0, 0.1) is 5.82 Å². The van der Waals surface area contributed by atoms with E-state index in [1.54, 1.807) is 30.1 Å². The van der Waals surface area contributed by atoms with Crippen LogP contribution in [0.4, 0.5) is 4.39 Å². The molecule has 5 heteroatoms. The van der Waals surface area contributed by atoms with Crippen LogP contribution in [0.1, 0.15) is 24.6 Å². The molecule has 1 N–H and O–H groups in total. The lowest BCUT2D eigenvalue weighted by molar-refractivity contribution is 0.0314. The molecule has 18 heavy (non-hydrogen) atoms. The number of aliphatic hydroxyl groups is 1. The lowest BCUT2D eigenvalue weighted by atomic mass is 9.87. The smallest absolute Gasteiger partial charge is 0.123 e. The third-order valence-electron chi connectivity index (χ3n) is 3.07. The van der Waals surface area contributed by atoms with Crippen molar-refractivity contribution < 1.29 is 9.50 Å². The molecule has 1 atom stereocenters. The molecule has 0 radical (unpaired) electrons. The van der Waals surface area contributed by atoms with E-state index in [1.165, 1.54) is 12.1 Å². The third kappa shape index (κ3) is 2.56. The van der Waals surface area contributed by atoms with E-state index in [-0.39, 0.29) is 5.82 Å². The Morgan fingerprint density at radius 2 is 2.22 bits per heavy atom. The molecule has 1 heterocycles. The molecule has 0 aliphatic heterocycles. The lowest BCUT2D eigenvalue weighted by Gasteiger charge is -2.26. The van der Waals surface area contributed by atoms with Crippen molar-refractivity contribution in [3.63, 3.8) is 0 Å². The van der Waals surface area contributed by atoms with Crippen molar-refractivity contribution in [3.8, 4) is 0 Å². The van der Waals surface area contributed by atoms with Gasteiger partial charge in [0.05, 0.1) is 11.3 Å². The number of benzene rings is 1. The quantitative estimate of drug-likeness (QED) is 0.898. The summed E-state index contributed by atoms with van der Waals surface area (Å²) in [5, 5.41) is 18.4. The monoisotopic (exact) mass is 249 g/mol. The van der Waals surface area contributed by atoms with Crippen molar-refractivity contribution in [2.45, 2.75) is 25.4 Å². The molecule has 0 saturated carbocycles. The van der Waals surface area contributed by atoms with E-state index in [1.807, 2.05) is 6.92 Å². The van der Waals surface area contributed by atoms with Gasteiger partial charge in [-0.05, 0) is 24.1 Å². The molecule has 2 aromatic rings. The zero-order chi connectivity index (χ0) is 13.2. The number of nitrogens with zero attached hydrogens (tertiary/aromatic N) is 3. The van der Waals surface area contributed by atoms with E-state index in [0.29, 0.717) is 24.1 Å². The van der Waals surface area contributed by atoms with Gasteiger partial charge in [0.1, 0.15) is 5.82 Å². The molecule has 0 aliphatic rings. The van der Waals surface area contributed by atoms with Crippen LogP contribution >= 0.6 is 0 Å².